The number of carbonyl (C=O) groups excluding carboxylic acids is 1. The van der Waals surface area contributed by atoms with Gasteiger partial charge in [0.05, 0.1) is 0 Å². The Morgan fingerprint density at radius 1 is 1.38 bits per heavy atom. The minimum Gasteiger partial charge on any atom is -0.412 e. The van der Waals surface area contributed by atoms with Crippen LogP contribution in [0.2, 0.25) is 0 Å². The van der Waals surface area contributed by atoms with Crippen molar-refractivity contribution in [2.75, 3.05) is 0 Å². The Kier molecular flexibility index (Phi) is 6.02. The monoisotopic (exact) mass is 293 g/mol. The number of hydrogen-bond donors (Lipinski definition) is 2. The first kappa shape index (κ1) is 14.9. The van der Waals surface area contributed by atoms with Crippen molar-refractivity contribution >= 4 is 24.4 Å². The van der Waals surface area contributed by atoms with E-state index in [4.69, 9.17) is 5.26 Å². The molecule has 8 heteroatoms. The third kappa shape index (κ3) is 3.80. The van der Waals surface area contributed by atoms with Gasteiger partial charge in [-0.3, -0.25) is 0 Å². The van der Waals surface area contributed by atoms with Gasteiger partial charge in [-0.25, -0.2) is 0 Å². The summed E-state index contributed by atoms with van der Waals surface area (Å²) in [6.07, 6.45) is 0. The molecule has 0 aromatic heterocycles. The maximum atomic E-state index is 11.8. The maximum Gasteiger partial charge on any atom is -0.412 e. The van der Waals surface area contributed by atoms with Crippen LogP contribution in [0.5, 0.6) is 0 Å². The molecule has 0 aliphatic rings. The Hall–Kier alpha value is -1.11. The molecule has 0 fully saturated rings. The van der Waals surface area contributed by atoms with Crippen molar-refractivity contribution < 1.29 is 27.0 Å². The van der Waals surface area contributed by atoms with E-state index in [0.29, 0.717) is 0 Å². The molecule has 0 spiro atoms. The molecule has 90 valence electrons. The van der Waals surface area contributed by atoms with Crippen molar-refractivity contribution in [1.29, 1.82) is 0 Å². The average Bonchev–Trinajstić information content (AvgIpc) is 2.27. The fourth-order valence-corrected chi connectivity index (χ4v) is 2.99. The standard InChI is InChI=1S/C8H10AsNO5.H2O/c1-7(11)10-14-9(12,15-13)8-5-3-2-4-6-8;/h2-6,13H,1H3,(H,10,11);1H2. The van der Waals surface area contributed by atoms with E-state index < -0.39 is 20.1 Å². The second kappa shape index (κ2) is 6.47. The van der Waals surface area contributed by atoms with E-state index in [9.17, 15) is 8.53 Å². The van der Waals surface area contributed by atoms with E-state index >= 15 is 0 Å². The molecular weight excluding hydrogens is 281 g/mol. The Labute approximate surface area is 94.6 Å². The van der Waals surface area contributed by atoms with E-state index in [1.165, 1.54) is 19.1 Å². The summed E-state index contributed by atoms with van der Waals surface area (Å²) in [5.41, 5.74) is 1.88. The van der Waals surface area contributed by atoms with Crippen LogP contribution in [-0.4, -0.2) is 30.8 Å². The molecule has 0 saturated carbocycles. The molecule has 1 rings (SSSR count). The number of carbonyl (C=O) groups is 1. The summed E-state index contributed by atoms with van der Waals surface area (Å²) in [5, 5.41) is 8.54. The van der Waals surface area contributed by atoms with Gasteiger partial charge in [-0.15, -0.1) is 0 Å². The second-order valence-electron chi connectivity index (χ2n) is 2.66. The minimum absolute atomic E-state index is 0. The smallest absolute Gasteiger partial charge is 0.412 e. The van der Waals surface area contributed by atoms with Crippen molar-refractivity contribution in [2.45, 2.75) is 6.92 Å². The number of benzene rings is 1. The minimum atomic E-state index is -4.55. The average molecular weight is 293 g/mol. The molecule has 1 unspecified atom stereocenters. The van der Waals surface area contributed by atoms with Gasteiger partial charge in [-0.1, -0.05) is 0 Å². The van der Waals surface area contributed by atoms with Crippen LogP contribution in [0, 0.1) is 0 Å². The molecule has 0 saturated heterocycles. The summed E-state index contributed by atoms with van der Waals surface area (Å²) >= 11 is -4.55. The number of amides is 1. The Balaban J connectivity index is 0.00000225. The Morgan fingerprint density at radius 3 is 2.38 bits per heavy atom. The summed E-state index contributed by atoms with van der Waals surface area (Å²) in [6.45, 7) is 1.18. The molecule has 0 heterocycles. The topological polar surface area (TPSA) is 116 Å². The summed E-state index contributed by atoms with van der Waals surface area (Å²) in [4.78, 5) is 10.6. The third-order valence-electron chi connectivity index (χ3n) is 1.49. The fourth-order valence-electron chi connectivity index (χ4n) is 0.851. The van der Waals surface area contributed by atoms with Crippen LogP contribution >= 0.6 is 0 Å². The Morgan fingerprint density at radius 2 is 1.94 bits per heavy atom. The van der Waals surface area contributed by atoms with Crippen molar-refractivity contribution in [3.63, 3.8) is 0 Å². The summed E-state index contributed by atoms with van der Waals surface area (Å²) < 4.78 is 20.5. The van der Waals surface area contributed by atoms with Crippen LogP contribution in [0.15, 0.2) is 30.3 Å². The number of rotatable bonds is 4. The maximum absolute atomic E-state index is 11.8. The fraction of sp³-hybridized carbons (Fsp3) is 0.125. The summed E-state index contributed by atoms with van der Waals surface area (Å²) in [6, 6.07) is 7.87. The van der Waals surface area contributed by atoms with Crippen molar-refractivity contribution in [3.8, 4) is 0 Å². The first-order chi connectivity index (χ1) is 7.08. The third-order valence-corrected chi connectivity index (χ3v) is 4.59. The largest absolute Gasteiger partial charge is 0.412 e. The summed E-state index contributed by atoms with van der Waals surface area (Å²) in [5.74, 6) is -0.537. The van der Waals surface area contributed by atoms with E-state index in [-0.39, 0.29) is 9.83 Å². The molecular formula is C8H12AsNO6. The molecule has 7 nitrogen and oxygen atoms in total. The van der Waals surface area contributed by atoms with Gasteiger partial charge in [0, 0.05) is 0 Å². The van der Waals surface area contributed by atoms with E-state index in [2.05, 4.69) is 7.70 Å². The van der Waals surface area contributed by atoms with E-state index in [1.54, 1.807) is 18.2 Å². The predicted molar refractivity (Wildman–Crippen MR) is 54.7 cm³/mol. The zero-order chi connectivity index (χ0) is 11.3. The van der Waals surface area contributed by atoms with Gasteiger partial charge in [0.2, 0.25) is 0 Å². The van der Waals surface area contributed by atoms with Crippen LogP contribution in [0.4, 0.5) is 0 Å². The number of nitrogens with one attached hydrogen (secondary N) is 1. The van der Waals surface area contributed by atoms with Gasteiger partial charge in [0.1, 0.15) is 0 Å². The quantitative estimate of drug-likeness (QED) is 0.419. The van der Waals surface area contributed by atoms with Crippen molar-refractivity contribution in [3.05, 3.63) is 30.3 Å². The van der Waals surface area contributed by atoms with Crippen LogP contribution in [0.1, 0.15) is 6.92 Å². The zero-order valence-electron chi connectivity index (χ0n) is 8.41. The predicted octanol–water partition coefficient (Wildman–Crippen LogP) is -1.00. The first-order valence-corrected chi connectivity index (χ1v) is 7.26. The SMILES string of the molecule is CC(=O)NO[As](=O)(OO)c1ccccc1.O. The second-order valence-corrected chi connectivity index (χ2v) is 6.56. The number of hydroxylamine groups is 1. The number of hydrogen-bond acceptors (Lipinski definition) is 5. The van der Waals surface area contributed by atoms with Crippen LogP contribution in [0.3, 0.4) is 0 Å². The molecule has 0 bridgehead atoms. The molecule has 0 radical (unpaired) electrons. The molecule has 16 heavy (non-hydrogen) atoms. The van der Waals surface area contributed by atoms with Crippen molar-refractivity contribution in [1.82, 2.24) is 5.48 Å². The van der Waals surface area contributed by atoms with Crippen molar-refractivity contribution in [2.24, 2.45) is 0 Å². The van der Waals surface area contributed by atoms with Gasteiger partial charge in [-0.2, -0.15) is 0 Å². The Bertz CT molecular complexity index is 381. The zero-order valence-corrected chi connectivity index (χ0v) is 10.3. The molecule has 0 aliphatic carbocycles. The van der Waals surface area contributed by atoms with Gasteiger partial charge >= 0.3 is 88.7 Å². The van der Waals surface area contributed by atoms with Crippen LogP contribution < -0.4 is 9.83 Å². The summed E-state index contributed by atoms with van der Waals surface area (Å²) in [7, 11) is 0. The van der Waals surface area contributed by atoms with E-state index in [1.807, 2.05) is 5.48 Å². The van der Waals surface area contributed by atoms with E-state index in [0.717, 1.165) is 0 Å². The molecule has 4 N–H and O–H groups in total. The molecule has 1 amide bonds. The van der Waals surface area contributed by atoms with Gasteiger partial charge < -0.3 is 5.48 Å². The van der Waals surface area contributed by atoms with Gasteiger partial charge in [0.25, 0.3) is 0 Å². The normalized spacial score (nSPS) is 13.4. The molecule has 1 atom stereocenters. The first-order valence-electron chi connectivity index (χ1n) is 4.02. The van der Waals surface area contributed by atoms with Gasteiger partial charge in [0.15, 0.2) is 0 Å². The molecule has 1 aromatic carbocycles. The molecule has 1 aromatic rings. The molecule has 0 aliphatic heterocycles. The van der Waals surface area contributed by atoms with Crippen LogP contribution in [0.25, 0.3) is 0 Å². The van der Waals surface area contributed by atoms with Gasteiger partial charge in [-0.05, 0) is 0 Å². The van der Waals surface area contributed by atoms with Crippen LogP contribution in [-0.2, 0) is 16.2 Å².